The second-order valence-electron chi connectivity index (χ2n) is 5.51. The molecule has 4 nitrogen and oxygen atoms in total. The Labute approximate surface area is 158 Å². The molecule has 2 aromatic carbocycles. The van der Waals surface area contributed by atoms with E-state index in [1.54, 1.807) is 13.2 Å². The maximum absolute atomic E-state index is 6.02. The highest BCUT2D eigenvalue weighted by molar-refractivity contribution is 9.10. The minimum absolute atomic E-state index is 0.411. The molecule has 4 rings (SSSR count). The molecule has 0 fully saturated rings. The van der Waals surface area contributed by atoms with Gasteiger partial charge in [-0.05, 0) is 45.3 Å². The Balaban J connectivity index is 1.88. The molecule has 0 aliphatic carbocycles. The van der Waals surface area contributed by atoms with Crippen LogP contribution >= 0.6 is 27.5 Å². The molecule has 25 heavy (non-hydrogen) atoms. The molecule has 124 valence electrons. The van der Waals surface area contributed by atoms with E-state index in [0.29, 0.717) is 5.15 Å². The number of rotatable bonds is 3. The number of methoxy groups -OCH3 is 1. The summed E-state index contributed by atoms with van der Waals surface area (Å²) in [5.41, 5.74) is 3.27. The second-order valence-corrected chi connectivity index (χ2v) is 6.75. The van der Waals surface area contributed by atoms with Crippen molar-refractivity contribution in [1.29, 1.82) is 0 Å². The lowest BCUT2D eigenvalue weighted by atomic mass is 10.0. The first kappa shape index (κ1) is 16.1. The van der Waals surface area contributed by atoms with Gasteiger partial charge in [0.15, 0.2) is 0 Å². The van der Waals surface area contributed by atoms with Crippen molar-refractivity contribution < 1.29 is 4.74 Å². The topological polar surface area (TPSA) is 39.9 Å². The van der Waals surface area contributed by atoms with Crippen LogP contribution in [0.25, 0.3) is 27.8 Å². The average molecular weight is 415 g/mol. The van der Waals surface area contributed by atoms with Crippen molar-refractivity contribution in [3.63, 3.8) is 0 Å². The van der Waals surface area contributed by atoms with Crippen LogP contribution in [0.1, 0.15) is 0 Å². The molecular formula is C19H13BrClN3O. The molecule has 6 heteroatoms. The minimum atomic E-state index is 0.411. The van der Waals surface area contributed by atoms with Crippen molar-refractivity contribution in [2.24, 2.45) is 0 Å². The standard InChI is InChI=1S/C19H13BrClN3O/c1-25-14-5-2-12(3-6-14)13-4-7-15-16(20)10-24(17(15)8-13)19-9-18(21)22-11-23-19/h2-11H,1H3. The largest absolute Gasteiger partial charge is 0.497 e. The summed E-state index contributed by atoms with van der Waals surface area (Å²) < 4.78 is 8.23. The van der Waals surface area contributed by atoms with E-state index in [0.717, 1.165) is 38.1 Å². The lowest BCUT2D eigenvalue weighted by molar-refractivity contribution is 0.415. The van der Waals surface area contributed by atoms with Crippen molar-refractivity contribution in [2.75, 3.05) is 7.11 Å². The molecule has 0 saturated heterocycles. The molecule has 0 spiro atoms. The number of hydrogen-bond donors (Lipinski definition) is 0. The lowest BCUT2D eigenvalue weighted by Gasteiger charge is -2.07. The average Bonchev–Trinajstić information content (AvgIpc) is 2.98. The van der Waals surface area contributed by atoms with Gasteiger partial charge in [0.25, 0.3) is 0 Å². The maximum atomic E-state index is 6.02. The van der Waals surface area contributed by atoms with Crippen LogP contribution in [0, 0.1) is 0 Å². The maximum Gasteiger partial charge on any atom is 0.142 e. The number of nitrogens with zero attached hydrogens (tertiary/aromatic N) is 3. The van der Waals surface area contributed by atoms with E-state index in [-0.39, 0.29) is 0 Å². The molecule has 2 heterocycles. The van der Waals surface area contributed by atoms with E-state index in [1.807, 2.05) is 35.0 Å². The van der Waals surface area contributed by atoms with Gasteiger partial charge in [-0.1, -0.05) is 35.9 Å². The molecule has 0 amide bonds. The molecule has 4 aromatic rings. The van der Waals surface area contributed by atoms with Crippen LogP contribution in [-0.2, 0) is 0 Å². The highest BCUT2D eigenvalue weighted by Gasteiger charge is 2.11. The first-order chi connectivity index (χ1) is 12.2. The Morgan fingerprint density at radius 3 is 2.48 bits per heavy atom. The van der Waals surface area contributed by atoms with E-state index in [9.17, 15) is 0 Å². The summed E-state index contributed by atoms with van der Waals surface area (Å²) in [5, 5.41) is 1.52. The van der Waals surface area contributed by atoms with Crippen LogP contribution in [0.15, 0.2) is 65.5 Å². The van der Waals surface area contributed by atoms with Gasteiger partial charge in [0.05, 0.1) is 12.6 Å². The number of fused-ring (bicyclic) bond motifs is 1. The number of ether oxygens (including phenoxy) is 1. The van der Waals surface area contributed by atoms with Gasteiger partial charge in [0, 0.05) is 22.1 Å². The third-order valence-corrected chi connectivity index (χ3v) is 4.89. The third-order valence-electron chi connectivity index (χ3n) is 4.05. The first-order valence-electron chi connectivity index (χ1n) is 7.58. The van der Waals surface area contributed by atoms with E-state index >= 15 is 0 Å². The molecule has 0 aliphatic rings. The molecule has 0 radical (unpaired) electrons. The van der Waals surface area contributed by atoms with Gasteiger partial charge in [0.1, 0.15) is 23.0 Å². The number of halogens is 2. The fourth-order valence-corrected chi connectivity index (χ4v) is 3.48. The van der Waals surface area contributed by atoms with E-state index in [1.165, 1.54) is 6.33 Å². The zero-order valence-corrected chi connectivity index (χ0v) is 15.6. The molecule has 0 unspecified atom stereocenters. The summed E-state index contributed by atoms with van der Waals surface area (Å²) in [4.78, 5) is 8.28. The van der Waals surface area contributed by atoms with Crippen LogP contribution in [0.3, 0.4) is 0 Å². The number of aromatic nitrogens is 3. The SMILES string of the molecule is COc1ccc(-c2ccc3c(Br)cn(-c4cc(Cl)ncn4)c3c2)cc1. The summed E-state index contributed by atoms with van der Waals surface area (Å²) in [6.07, 6.45) is 3.45. The summed E-state index contributed by atoms with van der Waals surface area (Å²) in [7, 11) is 1.67. The summed E-state index contributed by atoms with van der Waals surface area (Å²) in [6, 6.07) is 16.1. The Bertz CT molecular complexity index is 1060. The highest BCUT2D eigenvalue weighted by Crippen LogP contribution is 2.32. The second kappa shape index (κ2) is 6.50. The molecule has 0 bridgehead atoms. The predicted octanol–water partition coefficient (Wildman–Crippen LogP) is 5.51. The molecule has 0 aliphatic heterocycles. The molecular weight excluding hydrogens is 402 g/mol. The van der Waals surface area contributed by atoms with Gasteiger partial charge in [0.2, 0.25) is 0 Å². The van der Waals surface area contributed by atoms with Crippen molar-refractivity contribution in [3.8, 4) is 22.7 Å². The molecule has 0 atom stereocenters. The number of benzene rings is 2. The van der Waals surface area contributed by atoms with E-state index in [2.05, 4.69) is 44.1 Å². The van der Waals surface area contributed by atoms with Crippen LogP contribution in [0.2, 0.25) is 5.15 Å². The van der Waals surface area contributed by atoms with Gasteiger partial charge in [-0.15, -0.1) is 0 Å². The van der Waals surface area contributed by atoms with Gasteiger partial charge in [-0.25, -0.2) is 9.97 Å². The van der Waals surface area contributed by atoms with Crippen LogP contribution in [0.4, 0.5) is 0 Å². The lowest BCUT2D eigenvalue weighted by Crippen LogP contribution is -1.96. The van der Waals surface area contributed by atoms with Crippen molar-refractivity contribution in [3.05, 3.63) is 70.7 Å². The van der Waals surface area contributed by atoms with Gasteiger partial charge >= 0.3 is 0 Å². The van der Waals surface area contributed by atoms with Crippen LogP contribution < -0.4 is 4.74 Å². The summed E-state index contributed by atoms with van der Waals surface area (Å²) in [5.74, 6) is 1.56. The fourth-order valence-electron chi connectivity index (χ4n) is 2.79. The minimum Gasteiger partial charge on any atom is -0.497 e. The fraction of sp³-hybridized carbons (Fsp3) is 0.0526. The van der Waals surface area contributed by atoms with E-state index in [4.69, 9.17) is 16.3 Å². The van der Waals surface area contributed by atoms with E-state index < -0.39 is 0 Å². The van der Waals surface area contributed by atoms with Gasteiger partial charge < -0.3 is 4.74 Å². The third kappa shape index (κ3) is 3.01. The van der Waals surface area contributed by atoms with Crippen molar-refractivity contribution >= 4 is 38.4 Å². The van der Waals surface area contributed by atoms with Crippen LogP contribution in [-0.4, -0.2) is 21.6 Å². The van der Waals surface area contributed by atoms with Crippen LogP contribution in [0.5, 0.6) is 5.75 Å². The normalized spacial score (nSPS) is 11.0. The Morgan fingerprint density at radius 2 is 1.76 bits per heavy atom. The first-order valence-corrected chi connectivity index (χ1v) is 8.76. The van der Waals surface area contributed by atoms with Crippen molar-refractivity contribution in [1.82, 2.24) is 14.5 Å². The van der Waals surface area contributed by atoms with Gasteiger partial charge in [-0.2, -0.15) is 0 Å². The smallest absolute Gasteiger partial charge is 0.142 e. The zero-order valence-electron chi connectivity index (χ0n) is 13.3. The Kier molecular flexibility index (Phi) is 4.19. The Hall–Kier alpha value is -2.37. The van der Waals surface area contributed by atoms with Gasteiger partial charge in [-0.3, -0.25) is 4.57 Å². The quantitative estimate of drug-likeness (QED) is 0.415. The zero-order chi connectivity index (χ0) is 17.4. The molecule has 0 N–H and O–H groups in total. The Morgan fingerprint density at radius 1 is 1.00 bits per heavy atom. The monoisotopic (exact) mass is 413 g/mol. The van der Waals surface area contributed by atoms with Crippen molar-refractivity contribution in [2.45, 2.75) is 0 Å². The summed E-state index contributed by atoms with van der Waals surface area (Å²) in [6.45, 7) is 0. The predicted molar refractivity (Wildman–Crippen MR) is 104 cm³/mol. The molecule has 2 aromatic heterocycles. The number of hydrogen-bond acceptors (Lipinski definition) is 3. The molecule has 0 saturated carbocycles. The summed E-state index contributed by atoms with van der Waals surface area (Å²) >= 11 is 9.64. The highest BCUT2D eigenvalue weighted by atomic mass is 79.9.